The van der Waals surface area contributed by atoms with Crippen LogP contribution in [-0.4, -0.2) is 59.4 Å². The van der Waals surface area contributed by atoms with Gasteiger partial charge in [-0.3, -0.25) is 4.79 Å². The second-order valence-corrected chi connectivity index (χ2v) is 18.2. The zero-order valence-electron chi connectivity index (χ0n) is 37.3. The molecule has 1 heterocycles. The third-order valence-corrected chi connectivity index (χ3v) is 13.9. The smallest absolute Gasteiger partial charge is 0.416 e. The molecule has 0 aliphatic heterocycles. The van der Waals surface area contributed by atoms with Gasteiger partial charge in [0.15, 0.2) is 5.76 Å². The first kappa shape index (κ1) is 47.4. The van der Waals surface area contributed by atoms with Gasteiger partial charge in [0.1, 0.15) is 17.3 Å². The van der Waals surface area contributed by atoms with Gasteiger partial charge in [-0.05, 0) is 130 Å². The van der Waals surface area contributed by atoms with Crippen LogP contribution >= 0.6 is 11.6 Å². The number of amides is 2. The van der Waals surface area contributed by atoms with Gasteiger partial charge in [-0.25, -0.2) is 4.79 Å². The Balaban J connectivity index is 1.29. The fraction of sp³-hybridized carbons (Fsp3) is 0.385. The van der Waals surface area contributed by atoms with Crippen molar-refractivity contribution in [1.29, 1.82) is 0 Å². The average molecular weight is 913 g/mol. The highest BCUT2D eigenvalue weighted by Crippen LogP contribution is 2.59. The molecule has 344 valence electrons. The Morgan fingerprint density at radius 1 is 0.969 bits per heavy atom. The summed E-state index contributed by atoms with van der Waals surface area (Å²) in [7, 11) is 3.11. The summed E-state index contributed by atoms with van der Waals surface area (Å²) in [6, 6.07) is 25.6. The number of hydrogen-bond acceptors (Lipinski definition) is 7. The number of furan rings is 1. The van der Waals surface area contributed by atoms with Gasteiger partial charge >= 0.3 is 12.2 Å². The monoisotopic (exact) mass is 912 g/mol. The van der Waals surface area contributed by atoms with Crippen molar-refractivity contribution in [2.75, 3.05) is 20.8 Å². The maximum absolute atomic E-state index is 14.8. The lowest BCUT2D eigenvalue weighted by atomic mass is 9.64. The van der Waals surface area contributed by atoms with Crippen molar-refractivity contribution < 1.29 is 46.9 Å². The van der Waals surface area contributed by atoms with Crippen LogP contribution in [0.15, 0.2) is 113 Å². The number of aliphatic hydroxyl groups excluding tert-OH is 1. The van der Waals surface area contributed by atoms with E-state index in [0.717, 1.165) is 34.9 Å². The molecule has 1 saturated carbocycles. The minimum Gasteiger partial charge on any atom is -0.497 e. The molecule has 1 aromatic heterocycles. The van der Waals surface area contributed by atoms with Crippen LogP contribution in [0, 0.1) is 5.41 Å². The van der Waals surface area contributed by atoms with E-state index in [1.165, 1.54) is 12.1 Å². The molecule has 3 aliphatic carbocycles. The van der Waals surface area contributed by atoms with E-state index in [1.54, 1.807) is 37.3 Å². The van der Waals surface area contributed by atoms with Crippen LogP contribution in [0.4, 0.5) is 18.0 Å². The number of nitrogens with zero attached hydrogens (tertiary/aromatic N) is 1. The SMILES string of the molecule is COc1ccc(CN(CC2(O)CCC3c4ccc(cc4C(=O)c4ccc(-c5cc(C(F)(F)F)ccc5Cl)o4)CC(O)CCC(C)=CCCC32C)C(=O)NC(C)c2ccccc2)c(OC)c1. The molecule has 0 spiro atoms. The number of rotatable bonds is 11. The molecule has 65 heavy (non-hydrogen) atoms. The highest BCUT2D eigenvalue weighted by Gasteiger charge is 2.58. The zero-order valence-corrected chi connectivity index (χ0v) is 38.1. The number of methoxy groups -OCH3 is 2. The molecule has 1 fully saturated rings. The Hall–Kier alpha value is -5.56. The summed E-state index contributed by atoms with van der Waals surface area (Å²) in [6.45, 7) is 6.02. The largest absolute Gasteiger partial charge is 0.497 e. The van der Waals surface area contributed by atoms with Crippen LogP contribution in [0.1, 0.15) is 115 Å². The summed E-state index contributed by atoms with van der Waals surface area (Å²) in [5.74, 6) is 0.0839. The third kappa shape index (κ3) is 10.3. The number of alkyl halides is 3. The van der Waals surface area contributed by atoms with E-state index >= 15 is 0 Å². The molecule has 2 bridgehead atoms. The molecular formula is C52H56ClF3N2O7. The van der Waals surface area contributed by atoms with Crippen molar-refractivity contribution in [3.63, 3.8) is 0 Å². The van der Waals surface area contributed by atoms with E-state index in [-0.39, 0.29) is 53.7 Å². The molecule has 0 saturated heterocycles. The van der Waals surface area contributed by atoms with Crippen molar-refractivity contribution in [2.45, 2.75) is 102 Å². The number of fused-ring (bicyclic) bond motifs is 8. The van der Waals surface area contributed by atoms with Crippen molar-refractivity contribution in [2.24, 2.45) is 5.41 Å². The fourth-order valence-corrected chi connectivity index (χ4v) is 9.84. The van der Waals surface area contributed by atoms with Crippen LogP contribution in [0.3, 0.4) is 0 Å². The van der Waals surface area contributed by atoms with E-state index < -0.39 is 40.6 Å². The Kier molecular flexibility index (Phi) is 14.2. The maximum Gasteiger partial charge on any atom is 0.416 e. The number of ether oxygens (including phenoxy) is 2. The molecule has 5 atom stereocenters. The molecule has 3 N–H and O–H groups in total. The van der Waals surface area contributed by atoms with Crippen LogP contribution in [0.25, 0.3) is 11.3 Å². The number of hydrogen-bond donors (Lipinski definition) is 3. The minimum absolute atomic E-state index is 0.00426. The molecule has 3 aliphatic rings. The van der Waals surface area contributed by atoms with Gasteiger partial charge in [0.05, 0.1) is 55.6 Å². The van der Waals surface area contributed by atoms with Crippen LogP contribution in [0.2, 0.25) is 5.02 Å². The predicted octanol–water partition coefficient (Wildman–Crippen LogP) is 11.9. The molecule has 0 radical (unpaired) electrons. The summed E-state index contributed by atoms with van der Waals surface area (Å²) in [6.07, 6.45) is 0.0987. The number of ketones is 1. The van der Waals surface area contributed by atoms with Gasteiger partial charge in [-0.15, -0.1) is 0 Å². The number of carbonyl (C=O) groups is 2. The quantitative estimate of drug-likeness (QED) is 0.0891. The second kappa shape index (κ2) is 19.5. The number of carbonyl (C=O) groups excluding carboxylic acids is 2. The van der Waals surface area contributed by atoms with E-state index in [1.807, 2.05) is 69.3 Å². The minimum atomic E-state index is -4.63. The summed E-state index contributed by atoms with van der Waals surface area (Å²) in [4.78, 5) is 31.0. The van der Waals surface area contributed by atoms with Crippen LogP contribution in [-0.2, 0) is 19.1 Å². The number of nitrogens with one attached hydrogen (secondary N) is 1. The van der Waals surface area contributed by atoms with Gasteiger partial charge in [0.25, 0.3) is 0 Å². The number of aliphatic hydroxyl groups is 2. The van der Waals surface area contributed by atoms with Gasteiger partial charge in [-0.1, -0.05) is 72.6 Å². The summed E-state index contributed by atoms with van der Waals surface area (Å²) in [5, 5.41) is 27.6. The van der Waals surface area contributed by atoms with E-state index in [0.29, 0.717) is 66.7 Å². The predicted molar refractivity (Wildman–Crippen MR) is 244 cm³/mol. The first-order valence-corrected chi connectivity index (χ1v) is 22.3. The molecule has 9 nitrogen and oxygen atoms in total. The molecule has 8 rings (SSSR count). The maximum atomic E-state index is 14.8. The van der Waals surface area contributed by atoms with Gasteiger partial charge in [-0.2, -0.15) is 13.2 Å². The van der Waals surface area contributed by atoms with Crippen LogP contribution < -0.4 is 14.8 Å². The highest BCUT2D eigenvalue weighted by atomic mass is 35.5. The van der Waals surface area contributed by atoms with Crippen molar-refractivity contribution in [1.82, 2.24) is 10.2 Å². The Morgan fingerprint density at radius 3 is 2.46 bits per heavy atom. The van der Waals surface area contributed by atoms with Crippen LogP contribution in [0.5, 0.6) is 11.5 Å². The van der Waals surface area contributed by atoms with Crippen molar-refractivity contribution in [3.8, 4) is 22.8 Å². The number of urea groups is 1. The van der Waals surface area contributed by atoms with Gasteiger partial charge in [0.2, 0.25) is 5.78 Å². The zero-order chi connectivity index (χ0) is 46.7. The van der Waals surface area contributed by atoms with Crippen molar-refractivity contribution >= 4 is 23.4 Å². The molecule has 4 aromatic carbocycles. The summed E-state index contributed by atoms with van der Waals surface area (Å²) < 4.78 is 58.4. The number of halogens is 4. The van der Waals surface area contributed by atoms with Gasteiger partial charge < -0.3 is 34.3 Å². The first-order chi connectivity index (χ1) is 30.9. The molecular weight excluding hydrogens is 857 g/mol. The molecule has 5 unspecified atom stereocenters. The molecule has 5 aromatic rings. The third-order valence-electron chi connectivity index (χ3n) is 13.5. The Bertz CT molecular complexity index is 2540. The van der Waals surface area contributed by atoms with E-state index in [2.05, 4.69) is 11.4 Å². The van der Waals surface area contributed by atoms with Gasteiger partial charge in [0, 0.05) is 28.2 Å². The average Bonchev–Trinajstić information content (AvgIpc) is 3.87. The lowest BCUT2D eigenvalue weighted by Gasteiger charge is -2.46. The van der Waals surface area contributed by atoms with E-state index in [9.17, 15) is 33.0 Å². The Morgan fingerprint density at radius 2 is 1.74 bits per heavy atom. The summed E-state index contributed by atoms with van der Waals surface area (Å²) >= 11 is 6.37. The standard InChI is InChI=1S/C52H56ClF3N2O7/c1-32-10-9-24-50(3)43(23-25-51(50,62)31-58(30-36-15-18-39(63-4)29-47(36)64-5)49(61)57-33(2)35-11-7-6-8-12-35)40-19-14-34(26-38(59)17-13-32)27-41(40)48(60)46-22-21-45(65-46)42-28-37(52(54,55)56)16-20-44(42)53/h6-8,10-12,14-16,18-22,27-29,33,38,43,59,62H,9,13,17,23-26,30-31H2,1-5H3,(H,57,61). The first-order valence-electron chi connectivity index (χ1n) is 21.9. The Labute approximate surface area is 383 Å². The summed E-state index contributed by atoms with van der Waals surface area (Å²) in [5.41, 5.74) is 1.09. The number of benzene rings is 4. The normalized spacial score (nSPS) is 21.7. The molecule has 13 heteroatoms. The van der Waals surface area contributed by atoms with Crippen molar-refractivity contribution in [3.05, 3.63) is 153 Å². The second-order valence-electron chi connectivity index (χ2n) is 17.7. The van der Waals surface area contributed by atoms with E-state index in [4.69, 9.17) is 25.5 Å². The highest BCUT2D eigenvalue weighted by molar-refractivity contribution is 6.33. The number of allylic oxidation sites excluding steroid dienone is 2. The lowest BCUT2D eigenvalue weighted by Crippen LogP contribution is -2.55. The lowest BCUT2D eigenvalue weighted by molar-refractivity contribution is -0.137. The molecule has 2 amide bonds. The topological polar surface area (TPSA) is 121 Å². The fourth-order valence-electron chi connectivity index (χ4n) is 9.63.